The third kappa shape index (κ3) is 2.05. The summed E-state index contributed by atoms with van der Waals surface area (Å²) in [5.74, 6) is 0.566. The number of esters is 1. The summed E-state index contributed by atoms with van der Waals surface area (Å²) >= 11 is 0. The topological polar surface area (TPSA) is 35.5 Å². The number of carbonyl (C=O) groups excluding carboxylic acids is 1. The molecule has 3 nitrogen and oxygen atoms in total. The average molecular weight is 232 g/mol. The Labute approximate surface area is 101 Å². The van der Waals surface area contributed by atoms with Gasteiger partial charge < -0.3 is 9.47 Å². The number of rotatable bonds is 3. The molecule has 1 aliphatic rings. The van der Waals surface area contributed by atoms with Crippen LogP contribution in [0.15, 0.2) is 29.8 Å². The van der Waals surface area contributed by atoms with E-state index in [4.69, 9.17) is 9.47 Å². The highest BCUT2D eigenvalue weighted by Crippen LogP contribution is 2.42. The van der Waals surface area contributed by atoms with Crippen molar-refractivity contribution in [2.45, 2.75) is 13.3 Å². The monoisotopic (exact) mass is 232 g/mol. The number of carbonyl (C=O) groups is 1. The van der Waals surface area contributed by atoms with Crippen LogP contribution in [-0.2, 0) is 9.53 Å². The highest BCUT2D eigenvalue weighted by atomic mass is 16.5. The first kappa shape index (κ1) is 11.7. The van der Waals surface area contributed by atoms with Crippen LogP contribution in [0.25, 0.3) is 5.57 Å². The number of hydrogen-bond donors (Lipinski definition) is 0. The van der Waals surface area contributed by atoms with Crippen LogP contribution in [0.2, 0.25) is 0 Å². The molecule has 90 valence electrons. The van der Waals surface area contributed by atoms with Gasteiger partial charge in [0.05, 0.1) is 20.1 Å². The SMILES string of the molecule is COC(=O)C1CC(C)=C1c1ccc(OC)cc1. The maximum Gasteiger partial charge on any atom is 0.313 e. The van der Waals surface area contributed by atoms with Crippen molar-refractivity contribution in [3.05, 3.63) is 35.4 Å². The summed E-state index contributed by atoms with van der Waals surface area (Å²) in [6.45, 7) is 2.05. The van der Waals surface area contributed by atoms with Gasteiger partial charge in [0.15, 0.2) is 0 Å². The zero-order valence-corrected chi connectivity index (χ0v) is 10.3. The van der Waals surface area contributed by atoms with E-state index in [0.29, 0.717) is 0 Å². The first-order valence-electron chi connectivity index (χ1n) is 5.59. The normalized spacial score (nSPS) is 18.6. The van der Waals surface area contributed by atoms with Gasteiger partial charge in [0.2, 0.25) is 0 Å². The van der Waals surface area contributed by atoms with Gasteiger partial charge in [-0.1, -0.05) is 17.7 Å². The largest absolute Gasteiger partial charge is 0.497 e. The summed E-state index contributed by atoms with van der Waals surface area (Å²) in [5, 5.41) is 0. The summed E-state index contributed by atoms with van der Waals surface area (Å²) in [5.41, 5.74) is 3.43. The van der Waals surface area contributed by atoms with E-state index in [1.54, 1.807) is 7.11 Å². The first-order chi connectivity index (χ1) is 8.17. The molecule has 0 aromatic heterocycles. The molecule has 3 heteroatoms. The fourth-order valence-electron chi connectivity index (χ4n) is 2.25. The lowest BCUT2D eigenvalue weighted by atomic mass is 9.75. The number of allylic oxidation sites excluding steroid dienone is 1. The van der Waals surface area contributed by atoms with E-state index in [1.807, 2.05) is 24.3 Å². The smallest absolute Gasteiger partial charge is 0.313 e. The van der Waals surface area contributed by atoms with Crippen LogP contribution in [-0.4, -0.2) is 20.2 Å². The minimum absolute atomic E-state index is 0.103. The third-order valence-electron chi connectivity index (χ3n) is 3.21. The Balaban J connectivity index is 2.26. The lowest BCUT2D eigenvalue weighted by Crippen LogP contribution is -2.26. The Morgan fingerprint density at radius 3 is 2.35 bits per heavy atom. The standard InChI is InChI=1S/C14H16O3/c1-9-8-12(14(15)17-3)13(9)10-4-6-11(16-2)7-5-10/h4-7,12H,8H2,1-3H3. The molecule has 17 heavy (non-hydrogen) atoms. The van der Waals surface area contributed by atoms with E-state index < -0.39 is 0 Å². The van der Waals surface area contributed by atoms with Gasteiger partial charge in [-0.05, 0) is 36.6 Å². The second-order valence-electron chi connectivity index (χ2n) is 4.20. The molecule has 0 N–H and O–H groups in total. The number of hydrogen-bond acceptors (Lipinski definition) is 3. The molecule has 2 rings (SSSR count). The Hall–Kier alpha value is -1.77. The third-order valence-corrected chi connectivity index (χ3v) is 3.21. The van der Waals surface area contributed by atoms with Crippen molar-refractivity contribution >= 4 is 11.5 Å². The zero-order chi connectivity index (χ0) is 12.4. The van der Waals surface area contributed by atoms with Crippen molar-refractivity contribution in [3.63, 3.8) is 0 Å². The van der Waals surface area contributed by atoms with Gasteiger partial charge in [0.1, 0.15) is 5.75 Å². The molecule has 1 aromatic rings. The van der Waals surface area contributed by atoms with Crippen LogP contribution < -0.4 is 4.74 Å². The van der Waals surface area contributed by atoms with Crippen LogP contribution in [0.5, 0.6) is 5.75 Å². The van der Waals surface area contributed by atoms with Crippen molar-refractivity contribution in [2.75, 3.05) is 14.2 Å². The maximum absolute atomic E-state index is 11.6. The highest BCUT2D eigenvalue weighted by Gasteiger charge is 2.34. The summed E-state index contributed by atoms with van der Waals surface area (Å²) < 4.78 is 9.92. The fourth-order valence-corrected chi connectivity index (χ4v) is 2.25. The van der Waals surface area contributed by atoms with Crippen LogP contribution in [0.3, 0.4) is 0 Å². The summed E-state index contributed by atoms with van der Waals surface area (Å²) in [6.07, 6.45) is 0.800. The predicted molar refractivity (Wildman–Crippen MR) is 65.7 cm³/mol. The molecule has 0 aliphatic heterocycles. The molecule has 1 aliphatic carbocycles. The van der Waals surface area contributed by atoms with Crippen molar-refractivity contribution in [1.29, 1.82) is 0 Å². The van der Waals surface area contributed by atoms with Crippen molar-refractivity contribution in [2.24, 2.45) is 5.92 Å². The lowest BCUT2D eigenvalue weighted by Gasteiger charge is -2.30. The van der Waals surface area contributed by atoms with E-state index >= 15 is 0 Å². The molecular formula is C14H16O3. The lowest BCUT2D eigenvalue weighted by molar-refractivity contribution is -0.143. The van der Waals surface area contributed by atoms with Gasteiger partial charge in [-0.3, -0.25) is 4.79 Å². The van der Waals surface area contributed by atoms with Gasteiger partial charge in [-0.25, -0.2) is 0 Å². The van der Waals surface area contributed by atoms with Gasteiger partial charge in [0, 0.05) is 0 Å². The van der Waals surface area contributed by atoms with Gasteiger partial charge in [0.25, 0.3) is 0 Å². The summed E-state index contributed by atoms with van der Waals surface area (Å²) in [4.78, 5) is 11.6. The molecular weight excluding hydrogens is 216 g/mol. The Bertz CT molecular complexity index is 457. The summed E-state index contributed by atoms with van der Waals surface area (Å²) in [7, 11) is 3.07. The second kappa shape index (κ2) is 4.62. The summed E-state index contributed by atoms with van der Waals surface area (Å²) in [6, 6.07) is 7.77. The maximum atomic E-state index is 11.6. The fraction of sp³-hybridized carbons (Fsp3) is 0.357. The van der Waals surface area contributed by atoms with E-state index in [0.717, 1.165) is 23.3 Å². The van der Waals surface area contributed by atoms with E-state index in [-0.39, 0.29) is 11.9 Å². The van der Waals surface area contributed by atoms with Crippen molar-refractivity contribution in [1.82, 2.24) is 0 Å². The zero-order valence-electron chi connectivity index (χ0n) is 10.3. The molecule has 0 radical (unpaired) electrons. The molecule has 0 spiro atoms. The Morgan fingerprint density at radius 2 is 1.88 bits per heavy atom. The van der Waals surface area contributed by atoms with Gasteiger partial charge >= 0.3 is 5.97 Å². The van der Waals surface area contributed by atoms with E-state index in [9.17, 15) is 4.79 Å². The molecule has 0 fully saturated rings. The first-order valence-corrected chi connectivity index (χ1v) is 5.59. The van der Waals surface area contributed by atoms with Gasteiger partial charge in [-0.15, -0.1) is 0 Å². The molecule has 0 bridgehead atoms. The molecule has 1 unspecified atom stereocenters. The molecule has 0 saturated carbocycles. The van der Waals surface area contributed by atoms with Crippen LogP contribution in [0.4, 0.5) is 0 Å². The Morgan fingerprint density at radius 1 is 1.24 bits per heavy atom. The van der Waals surface area contributed by atoms with E-state index in [2.05, 4.69) is 6.92 Å². The molecule has 0 heterocycles. The van der Waals surface area contributed by atoms with Crippen molar-refractivity contribution in [3.8, 4) is 5.75 Å². The average Bonchev–Trinajstić information content (AvgIpc) is 2.35. The number of ether oxygens (including phenoxy) is 2. The quantitative estimate of drug-likeness (QED) is 0.751. The van der Waals surface area contributed by atoms with Crippen molar-refractivity contribution < 1.29 is 14.3 Å². The molecule has 0 amide bonds. The Kier molecular flexibility index (Phi) is 3.18. The molecule has 1 atom stereocenters. The highest BCUT2D eigenvalue weighted by molar-refractivity contribution is 5.94. The minimum atomic E-state index is -0.151. The minimum Gasteiger partial charge on any atom is -0.497 e. The number of methoxy groups -OCH3 is 2. The molecule has 0 saturated heterocycles. The predicted octanol–water partition coefficient (Wildman–Crippen LogP) is 2.66. The van der Waals surface area contributed by atoms with E-state index in [1.165, 1.54) is 12.7 Å². The molecule has 1 aromatic carbocycles. The number of benzene rings is 1. The second-order valence-corrected chi connectivity index (χ2v) is 4.20. The van der Waals surface area contributed by atoms with Crippen LogP contribution in [0.1, 0.15) is 18.9 Å². The van der Waals surface area contributed by atoms with Gasteiger partial charge in [-0.2, -0.15) is 0 Å². The van der Waals surface area contributed by atoms with Crippen LogP contribution >= 0.6 is 0 Å². The van der Waals surface area contributed by atoms with Crippen LogP contribution in [0, 0.1) is 5.92 Å².